The maximum absolute atomic E-state index is 12.3. The molecule has 1 aromatic rings. The van der Waals surface area contributed by atoms with Gasteiger partial charge in [-0.15, -0.1) is 0 Å². The summed E-state index contributed by atoms with van der Waals surface area (Å²) in [5.74, 6) is 0. The first-order chi connectivity index (χ1) is 9.79. The molecule has 0 spiro atoms. The van der Waals surface area contributed by atoms with Gasteiger partial charge in [-0.25, -0.2) is 9.52 Å². The smallest absolute Gasteiger partial charge is 0.422 e. The van der Waals surface area contributed by atoms with E-state index in [4.69, 9.17) is 10.5 Å². The highest BCUT2D eigenvalue weighted by molar-refractivity contribution is 7.91. The summed E-state index contributed by atoms with van der Waals surface area (Å²) in [5, 5.41) is 0. The summed E-state index contributed by atoms with van der Waals surface area (Å²) in [5.41, 5.74) is 7.69. The molecule has 21 heavy (non-hydrogen) atoms. The third kappa shape index (κ3) is 3.57. The van der Waals surface area contributed by atoms with E-state index in [1.165, 1.54) is 4.31 Å². The number of nitrogens with zero attached hydrogens (tertiary/aromatic N) is 1. The van der Waals surface area contributed by atoms with Crippen molar-refractivity contribution in [2.24, 2.45) is 0 Å². The molecule has 0 saturated carbocycles. The topological polar surface area (TPSA) is 102 Å². The number of amides is 1. The highest BCUT2D eigenvalue weighted by Crippen LogP contribution is 2.30. The molecule has 3 N–H and O–H groups in total. The van der Waals surface area contributed by atoms with E-state index >= 15 is 0 Å². The molecule has 1 aromatic carbocycles. The quantitative estimate of drug-likeness (QED) is 0.821. The molecule has 8 heteroatoms. The van der Waals surface area contributed by atoms with E-state index in [9.17, 15) is 13.2 Å². The van der Waals surface area contributed by atoms with Crippen LogP contribution in [-0.2, 0) is 21.4 Å². The Kier molecular flexibility index (Phi) is 4.26. The van der Waals surface area contributed by atoms with Crippen molar-refractivity contribution in [3.05, 3.63) is 23.8 Å². The first kappa shape index (κ1) is 15.4. The van der Waals surface area contributed by atoms with Crippen molar-refractivity contribution < 1.29 is 17.9 Å². The number of carbonyl (C=O) groups is 1. The molecule has 2 rings (SSSR count). The lowest BCUT2D eigenvalue weighted by atomic mass is 10.0. The van der Waals surface area contributed by atoms with Gasteiger partial charge in [0.2, 0.25) is 0 Å². The van der Waals surface area contributed by atoms with Gasteiger partial charge >= 0.3 is 16.3 Å². The Bertz CT molecular complexity index is 643. The molecular formula is C13H19N3O4S. The van der Waals surface area contributed by atoms with E-state index in [-0.39, 0.29) is 0 Å². The summed E-state index contributed by atoms with van der Waals surface area (Å²) in [4.78, 5) is 11.5. The summed E-state index contributed by atoms with van der Waals surface area (Å²) in [6.07, 6.45) is 0.0422. The zero-order valence-electron chi connectivity index (χ0n) is 12.0. The Balaban J connectivity index is 2.24. The van der Waals surface area contributed by atoms with Crippen LogP contribution in [0.2, 0.25) is 0 Å². The number of rotatable bonds is 3. The Morgan fingerprint density at radius 1 is 1.43 bits per heavy atom. The molecule has 0 radical (unpaired) electrons. The second kappa shape index (κ2) is 5.80. The summed E-state index contributed by atoms with van der Waals surface area (Å²) >= 11 is 0. The molecule has 1 aliphatic rings. The summed E-state index contributed by atoms with van der Waals surface area (Å²) in [7, 11) is -3.99. The van der Waals surface area contributed by atoms with E-state index in [0.717, 1.165) is 12.0 Å². The van der Waals surface area contributed by atoms with E-state index in [1.54, 1.807) is 32.0 Å². The van der Waals surface area contributed by atoms with Crippen LogP contribution in [0.15, 0.2) is 18.2 Å². The maximum atomic E-state index is 12.3. The molecule has 0 fully saturated rings. The van der Waals surface area contributed by atoms with Crippen molar-refractivity contribution in [3.63, 3.8) is 0 Å². The van der Waals surface area contributed by atoms with Crippen LogP contribution in [0.4, 0.5) is 16.2 Å². The van der Waals surface area contributed by atoms with Crippen LogP contribution < -0.4 is 14.8 Å². The average Bonchev–Trinajstić information content (AvgIpc) is 2.35. The molecular weight excluding hydrogens is 294 g/mol. The predicted molar refractivity (Wildman–Crippen MR) is 80.2 cm³/mol. The molecule has 116 valence electrons. The third-order valence-corrected chi connectivity index (χ3v) is 4.41. The molecule has 0 aliphatic carbocycles. The van der Waals surface area contributed by atoms with E-state index in [0.29, 0.717) is 24.3 Å². The summed E-state index contributed by atoms with van der Waals surface area (Å²) in [6, 6.07) is 5.04. The van der Waals surface area contributed by atoms with E-state index < -0.39 is 22.4 Å². The Morgan fingerprint density at radius 2 is 2.14 bits per heavy atom. The fraction of sp³-hybridized carbons (Fsp3) is 0.462. The molecule has 0 bridgehead atoms. The maximum Gasteiger partial charge on any atom is 0.422 e. The van der Waals surface area contributed by atoms with Crippen molar-refractivity contribution in [3.8, 4) is 0 Å². The van der Waals surface area contributed by atoms with Gasteiger partial charge in [0.15, 0.2) is 0 Å². The number of fused-ring (bicyclic) bond motifs is 1. The fourth-order valence-electron chi connectivity index (χ4n) is 2.23. The highest BCUT2D eigenvalue weighted by Gasteiger charge is 2.29. The Morgan fingerprint density at radius 3 is 2.81 bits per heavy atom. The molecule has 1 amide bonds. The molecule has 0 aromatic heterocycles. The SMILES string of the molecule is CC(C)OC(=O)NS(=O)(=O)N1CCCc2cc(N)ccc21. The van der Waals surface area contributed by atoms with Crippen LogP contribution in [0.5, 0.6) is 0 Å². The minimum absolute atomic E-state index is 0.307. The number of nitrogens with two attached hydrogens (primary N) is 1. The van der Waals surface area contributed by atoms with Crippen LogP contribution in [-0.4, -0.2) is 27.2 Å². The second-order valence-corrected chi connectivity index (χ2v) is 6.72. The summed E-state index contributed by atoms with van der Waals surface area (Å²) in [6.45, 7) is 3.59. The number of anilines is 2. The Hall–Kier alpha value is -1.96. The normalized spacial score (nSPS) is 14.7. The first-order valence-corrected chi connectivity index (χ1v) is 8.13. The lowest BCUT2D eigenvalue weighted by Crippen LogP contribution is -2.46. The van der Waals surface area contributed by atoms with Crippen molar-refractivity contribution in [1.29, 1.82) is 0 Å². The zero-order chi connectivity index (χ0) is 15.6. The van der Waals surface area contributed by atoms with Gasteiger partial charge in [-0.1, -0.05) is 0 Å². The van der Waals surface area contributed by atoms with Crippen molar-refractivity contribution in [2.45, 2.75) is 32.8 Å². The van der Waals surface area contributed by atoms with Crippen LogP contribution in [0, 0.1) is 0 Å². The zero-order valence-corrected chi connectivity index (χ0v) is 12.8. The number of nitrogen functional groups attached to an aromatic ring is 1. The van der Waals surface area contributed by atoms with Crippen LogP contribution >= 0.6 is 0 Å². The molecule has 0 atom stereocenters. The van der Waals surface area contributed by atoms with E-state index in [1.807, 2.05) is 4.72 Å². The Labute approximate surface area is 124 Å². The van der Waals surface area contributed by atoms with Crippen molar-refractivity contribution >= 4 is 27.7 Å². The van der Waals surface area contributed by atoms with Crippen LogP contribution in [0.1, 0.15) is 25.8 Å². The number of carbonyl (C=O) groups excluding carboxylic acids is 1. The lowest BCUT2D eigenvalue weighted by molar-refractivity contribution is 0.121. The largest absolute Gasteiger partial charge is 0.446 e. The van der Waals surface area contributed by atoms with Gasteiger partial charge in [0, 0.05) is 12.2 Å². The molecule has 7 nitrogen and oxygen atoms in total. The first-order valence-electron chi connectivity index (χ1n) is 6.69. The number of nitrogens with one attached hydrogen (secondary N) is 1. The van der Waals surface area contributed by atoms with Gasteiger partial charge in [0.25, 0.3) is 0 Å². The molecule has 0 saturated heterocycles. The van der Waals surface area contributed by atoms with Crippen LogP contribution in [0.3, 0.4) is 0 Å². The van der Waals surface area contributed by atoms with Gasteiger partial charge in [-0.3, -0.25) is 4.31 Å². The molecule has 1 heterocycles. The average molecular weight is 313 g/mol. The third-order valence-electron chi connectivity index (χ3n) is 3.02. The monoisotopic (exact) mass is 313 g/mol. The number of aryl methyl sites for hydroxylation is 1. The van der Waals surface area contributed by atoms with Crippen molar-refractivity contribution in [1.82, 2.24) is 4.72 Å². The number of benzene rings is 1. The fourth-order valence-corrected chi connectivity index (χ4v) is 3.41. The minimum atomic E-state index is -3.99. The minimum Gasteiger partial charge on any atom is -0.446 e. The van der Waals surface area contributed by atoms with Gasteiger partial charge < -0.3 is 10.5 Å². The molecule has 1 aliphatic heterocycles. The second-order valence-electron chi connectivity index (χ2n) is 5.13. The van der Waals surface area contributed by atoms with Gasteiger partial charge in [0.05, 0.1) is 11.8 Å². The number of hydrogen-bond acceptors (Lipinski definition) is 5. The molecule has 0 unspecified atom stereocenters. The van der Waals surface area contributed by atoms with Gasteiger partial charge in [-0.05, 0) is 50.5 Å². The predicted octanol–water partition coefficient (Wildman–Crippen LogP) is 1.40. The van der Waals surface area contributed by atoms with Gasteiger partial charge in [-0.2, -0.15) is 8.42 Å². The van der Waals surface area contributed by atoms with Crippen molar-refractivity contribution in [2.75, 3.05) is 16.6 Å². The van der Waals surface area contributed by atoms with E-state index in [2.05, 4.69) is 0 Å². The van der Waals surface area contributed by atoms with Crippen LogP contribution in [0.25, 0.3) is 0 Å². The lowest BCUT2D eigenvalue weighted by Gasteiger charge is -2.30. The summed E-state index contributed by atoms with van der Waals surface area (Å²) < 4.78 is 32.5. The number of ether oxygens (including phenoxy) is 1. The number of hydrogen-bond donors (Lipinski definition) is 2. The van der Waals surface area contributed by atoms with Gasteiger partial charge in [0.1, 0.15) is 0 Å². The highest BCUT2D eigenvalue weighted by atomic mass is 32.2. The standard InChI is InChI=1S/C13H19N3O4S/c1-9(2)20-13(17)15-21(18,19)16-7-3-4-10-8-11(14)5-6-12(10)16/h5-6,8-9H,3-4,7,14H2,1-2H3,(H,15,17).